The van der Waals surface area contributed by atoms with Gasteiger partial charge in [0.15, 0.2) is 11.5 Å². The number of rotatable bonds is 5. The van der Waals surface area contributed by atoms with E-state index in [4.69, 9.17) is 9.47 Å². The minimum Gasteiger partial charge on any atom is -0.504 e. The van der Waals surface area contributed by atoms with Crippen LogP contribution in [0.4, 0.5) is 5.13 Å². The number of phenolic OH excluding ortho intramolecular Hbond substituents is 1. The minimum atomic E-state index is 0.102. The average molecular weight is 340 g/mol. The van der Waals surface area contributed by atoms with Crippen LogP contribution >= 0.6 is 11.3 Å². The molecule has 24 heavy (non-hydrogen) atoms. The van der Waals surface area contributed by atoms with Gasteiger partial charge < -0.3 is 14.6 Å². The van der Waals surface area contributed by atoms with Crippen LogP contribution < -0.4 is 9.47 Å². The van der Waals surface area contributed by atoms with Crippen molar-refractivity contribution in [1.29, 1.82) is 0 Å². The summed E-state index contributed by atoms with van der Waals surface area (Å²) in [6.07, 6.45) is 1.69. The Morgan fingerprint density at radius 2 is 1.88 bits per heavy atom. The van der Waals surface area contributed by atoms with Crippen LogP contribution in [0.2, 0.25) is 0 Å². The molecule has 0 amide bonds. The van der Waals surface area contributed by atoms with E-state index in [-0.39, 0.29) is 5.75 Å². The van der Waals surface area contributed by atoms with Gasteiger partial charge in [-0.05, 0) is 48.0 Å². The maximum absolute atomic E-state index is 9.60. The van der Waals surface area contributed by atoms with Crippen LogP contribution in [0.15, 0.2) is 52.8 Å². The van der Waals surface area contributed by atoms with Gasteiger partial charge in [-0.15, -0.1) is 11.3 Å². The molecule has 0 radical (unpaired) electrons. The van der Waals surface area contributed by atoms with Crippen molar-refractivity contribution >= 4 is 22.7 Å². The van der Waals surface area contributed by atoms with E-state index >= 15 is 0 Å². The highest BCUT2D eigenvalue weighted by atomic mass is 32.1. The lowest BCUT2D eigenvalue weighted by atomic mass is 10.2. The van der Waals surface area contributed by atoms with Gasteiger partial charge >= 0.3 is 0 Å². The van der Waals surface area contributed by atoms with Gasteiger partial charge in [0.05, 0.1) is 19.9 Å². The molecule has 0 saturated heterocycles. The zero-order valence-corrected chi connectivity index (χ0v) is 14.1. The zero-order chi connectivity index (χ0) is 16.9. The maximum atomic E-state index is 9.60. The average Bonchev–Trinajstić information content (AvgIpc) is 3.10. The first-order valence-corrected chi connectivity index (χ1v) is 8.08. The Bertz CT molecular complexity index is 857. The van der Waals surface area contributed by atoms with Crippen LogP contribution in [-0.2, 0) is 0 Å². The normalized spacial score (nSPS) is 10.9. The Morgan fingerprint density at radius 1 is 1.08 bits per heavy atom. The molecule has 0 bridgehead atoms. The second kappa shape index (κ2) is 7.14. The third kappa shape index (κ3) is 3.55. The molecule has 3 rings (SSSR count). The van der Waals surface area contributed by atoms with Gasteiger partial charge in [0.25, 0.3) is 0 Å². The summed E-state index contributed by atoms with van der Waals surface area (Å²) in [5.41, 5.74) is 2.71. The number of thiazole rings is 1. The summed E-state index contributed by atoms with van der Waals surface area (Å²) in [6, 6.07) is 12.8. The summed E-state index contributed by atoms with van der Waals surface area (Å²) in [6.45, 7) is 0. The molecule has 0 saturated carbocycles. The first kappa shape index (κ1) is 16.0. The fourth-order valence-electron chi connectivity index (χ4n) is 2.12. The van der Waals surface area contributed by atoms with Crippen molar-refractivity contribution in [2.24, 2.45) is 4.99 Å². The number of nitrogens with zero attached hydrogens (tertiary/aromatic N) is 2. The Hall–Kier alpha value is -2.86. The number of hydrogen-bond acceptors (Lipinski definition) is 6. The molecule has 2 aromatic carbocycles. The zero-order valence-electron chi connectivity index (χ0n) is 13.3. The molecule has 0 aliphatic rings. The van der Waals surface area contributed by atoms with E-state index in [1.165, 1.54) is 18.4 Å². The van der Waals surface area contributed by atoms with Gasteiger partial charge in [-0.3, -0.25) is 0 Å². The Balaban J connectivity index is 1.78. The Morgan fingerprint density at radius 3 is 2.58 bits per heavy atom. The number of hydrogen-bond donors (Lipinski definition) is 1. The second-order valence-corrected chi connectivity index (χ2v) is 5.77. The van der Waals surface area contributed by atoms with E-state index in [0.29, 0.717) is 10.9 Å². The molecule has 0 spiro atoms. The van der Waals surface area contributed by atoms with E-state index in [9.17, 15) is 5.11 Å². The van der Waals surface area contributed by atoms with Gasteiger partial charge in [0, 0.05) is 17.2 Å². The van der Waals surface area contributed by atoms with Crippen molar-refractivity contribution in [3.05, 3.63) is 53.4 Å². The number of aromatic nitrogens is 1. The number of methoxy groups -OCH3 is 2. The van der Waals surface area contributed by atoms with E-state index in [2.05, 4.69) is 9.98 Å². The molecule has 1 heterocycles. The third-order valence-corrected chi connectivity index (χ3v) is 4.15. The SMILES string of the molecule is COc1ccc(-c2csc(N=Cc3ccc(O)c(OC)c3)n2)cc1. The monoisotopic (exact) mass is 340 g/mol. The number of benzene rings is 2. The molecule has 1 aromatic heterocycles. The largest absolute Gasteiger partial charge is 0.504 e. The van der Waals surface area contributed by atoms with Crippen molar-refractivity contribution in [1.82, 2.24) is 4.98 Å². The predicted octanol–water partition coefficient (Wildman–Crippen LogP) is 4.28. The number of phenols is 1. The van der Waals surface area contributed by atoms with Gasteiger partial charge in [-0.2, -0.15) is 0 Å². The van der Waals surface area contributed by atoms with Crippen molar-refractivity contribution in [3.8, 4) is 28.5 Å². The first-order chi connectivity index (χ1) is 11.7. The Kier molecular flexibility index (Phi) is 4.77. The summed E-state index contributed by atoms with van der Waals surface area (Å²) in [7, 11) is 3.15. The molecular formula is C18H16N2O3S. The topological polar surface area (TPSA) is 63.9 Å². The van der Waals surface area contributed by atoms with E-state index < -0.39 is 0 Å². The quantitative estimate of drug-likeness (QED) is 0.704. The maximum Gasteiger partial charge on any atom is 0.209 e. The lowest BCUT2D eigenvalue weighted by Gasteiger charge is -2.02. The van der Waals surface area contributed by atoms with Crippen LogP contribution in [0, 0.1) is 0 Å². The van der Waals surface area contributed by atoms with Crippen molar-refractivity contribution in [3.63, 3.8) is 0 Å². The molecule has 0 aliphatic heterocycles. The fraction of sp³-hybridized carbons (Fsp3) is 0.111. The van der Waals surface area contributed by atoms with E-state index in [1.807, 2.05) is 29.6 Å². The summed E-state index contributed by atoms with van der Waals surface area (Å²) >= 11 is 1.47. The molecule has 0 atom stereocenters. The summed E-state index contributed by atoms with van der Waals surface area (Å²) in [5, 5.41) is 12.2. The highest BCUT2D eigenvalue weighted by molar-refractivity contribution is 7.13. The van der Waals surface area contributed by atoms with Crippen LogP contribution in [-0.4, -0.2) is 30.5 Å². The molecule has 3 aromatic rings. The van der Waals surface area contributed by atoms with Gasteiger partial charge in [-0.25, -0.2) is 9.98 Å². The first-order valence-electron chi connectivity index (χ1n) is 7.20. The highest BCUT2D eigenvalue weighted by Gasteiger charge is 2.05. The van der Waals surface area contributed by atoms with Crippen LogP contribution in [0.5, 0.6) is 17.2 Å². The van der Waals surface area contributed by atoms with Gasteiger partial charge in [0.2, 0.25) is 5.13 Å². The number of aliphatic imine (C=N–C) groups is 1. The number of ether oxygens (including phenoxy) is 2. The standard InChI is InChI=1S/C18H16N2O3S/c1-22-14-6-4-13(5-7-14)15-11-24-18(20-15)19-10-12-3-8-16(21)17(9-12)23-2/h3-11,21H,1-2H3. The smallest absolute Gasteiger partial charge is 0.209 e. The summed E-state index contributed by atoms with van der Waals surface area (Å²) < 4.78 is 10.2. The van der Waals surface area contributed by atoms with Crippen molar-refractivity contribution in [2.45, 2.75) is 0 Å². The molecular weight excluding hydrogens is 324 g/mol. The predicted molar refractivity (Wildman–Crippen MR) is 96.0 cm³/mol. The lowest BCUT2D eigenvalue weighted by Crippen LogP contribution is -1.86. The van der Waals surface area contributed by atoms with Crippen LogP contribution in [0.3, 0.4) is 0 Å². The molecule has 0 unspecified atom stereocenters. The van der Waals surface area contributed by atoms with E-state index in [0.717, 1.165) is 22.6 Å². The lowest BCUT2D eigenvalue weighted by molar-refractivity contribution is 0.373. The Labute approximate surface area is 143 Å². The van der Waals surface area contributed by atoms with Gasteiger partial charge in [-0.1, -0.05) is 0 Å². The molecule has 5 nitrogen and oxygen atoms in total. The van der Waals surface area contributed by atoms with Gasteiger partial charge in [0.1, 0.15) is 5.75 Å². The summed E-state index contributed by atoms with van der Waals surface area (Å²) in [5.74, 6) is 1.33. The fourth-order valence-corrected chi connectivity index (χ4v) is 2.79. The van der Waals surface area contributed by atoms with Crippen molar-refractivity contribution in [2.75, 3.05) is 14.2 Å². The third-order valence-electron chi connectivity index (χ3n) is 3.41. The summed E-state index contributed by atoms with van der Waals surface area (Å²) in [4.78, 5) is 8.89. The molecule has 122 valence electrons. The second-order valence-electron chi connectivity index (χ2n) is 4.93. The highest BCUT2D eigenvalue weighted by Crippen LogP contribution is 2.29. The van der Waals surface area contributed by atoms with Crippen molar-refractivity contribution < 1.29 is 14.6 Å². The number of aromatic hydroxyl groups is 1. The van der Waals surface area contributed by atoms with Crippen LogP contribution in [0.1, 0.15) is 5.56 Å². The molecule has 0 aliphatic carbocycles. The molecule has 6 heteroatoms. The molecule has 1 N–H and O–H groups in total. The van der Waals surface area contributed by atoms with E-state index in [1.54, 1.807) is 31.5 Å². The van der Waals surface area contributed by atoms with Crippen LogP contribution in [0.25, 0.3) is 11.3 Å². The molecule has 0 fully saturated rings. The minimum absolute atomic E-state index is 0.102.